The summed E-state index contributed by atoms with van der Waals surface area (Å²) in [6, 6.07) is 18.6. The second-order valence-corrected chi connectivity index (χ2v) is 7.83. The first-order valence-electron chi connectivity index (χ1n) is 11.2. The minimum atomic E-state index is -0.492. The van der Waals surface area contributed by atoms with Crippen LogP contribution in [0.4, 0.5) is 10.1 Å². The summed E-state index contributed by atoms with van der Waals surface area (Å²) in [6.45, 7) is 6.19. The van der Waals surface area contributed by atoms with E-state index in [1.165, 1.54) is 23.2 Å². The Kier molecular flexibility index (Phi) is 7.26. The van der Waals surface area contributed by atoms with E-state index in [2.05, 4.69) is 12.0 Å². The molecule has 1 fully saturated rings. The van der Waals surface area contributed by atoms with Crippen molar-refractivity contribution in [2.24, 2.45) is 0 Å². The Balaban J connectivity index is 1.67. The number of hydrazine groups is 1. The quantitative estimate of drug-likeness (QED) is 0.271. The number of amides is 2. The number of ether oxygens (including phenoxy) is 2. The molecular formula is C28H25FN2O4. The largest absolute Gasteiger partial charge is 0.490 e. The molecular weight excluding hydrogens is 447 g/mol. The zero-order valence-electron chi connectivity index (χ0n) is 19.3. The Labute approximate surface area is 203 Å². The summed E-state index contributed by atoms with van der Waals surface area (Å²) in [4.78, 5) is 25.6. The average molecular weight is 473 g/mol. The van der Waals surface area contributed by atoms with Crippen molar-refractivity contribution in [2.45, 2.75) is 20.0 Å². The molecule has 7 heteroatoms. The van der Waals surface area contributed by atoms with Crippen molar-refractivity contribution in [3.05, 3.63) is 107 Å². The predicted octanol–water partition coefficient (Wildman–Crippen LogP) is 4.99. The van der Waals surface area contributed by atoms with E-state index in [-0.39, 0.29) is 18.0 Å². The molecule has 2 amide bonds. The molecule has 1 N–H and O–H groups in total. The van der Waals surface area contributed by atoms with Crippen LogP contribution >= 0.6 is 0 Å². The molecule has 1 aliphatic heterocycles. The highest BCUT2D eigenvalue weighted by Gasteiger charge is 2.34. The van der Waals surface area contributed by atoms with Gasteiger partial charge in [0, 0.05) is 5.56 Å². The van der Waals surface area contributed by atoms with Crippen LogP contribution < -0.4 is 19.9 Å². The van der Waals surface area contributed by atoms with Crippen LogP contribution in [0.1, 0.15) is 23.6 Å². The van der Waals surface area contributed by atoms with Gasteiger partial charge >= 0.3 is 0 Å². The molecule has 0 unspecified atom stereocenters. The van der Waals surface area contributed by atoms with E-state index < -0.39 is 11.8 Å². The lowest BCUT2D eigenvalue weighted by Gasteiger charge is -2.17. The Bertz CT molecular complexity index is 1290. The Morgan fingerprint density at radius 2 is 1.83 bits per heavy atom. The van der Waals surface area contributed by atoms with E-state index >= 15 is 0 Å². The molecule has 4 rings (SSSR count). The Hall–Kier alpha value is -4.39. The van der Waals surface area contributed by atoms with E-state index in [1.807, 2.05) is 19.1 Å². The molecule has 0 aromatic heterocycles. The van der Waals surface area contributed by atoms with Crippen LogP contribution in [0.15, 0.2) is 85.0 Å². The average Bonchev–Trinajstić information content (AvgIpc) is 3.13. The van der Waals surface area contributed by atoms with Crippen LogP contribution in [0.25, 0.3) is 6.08 Å². The van der Waals surface area contributed by atoms with Crippen molar-refractivity contribution in [3.63, 3.8) is 0 Å². The van der Waals surface area contributed by atoms with Crippen molar-refractivity contribution in [1.82, 2.24) is 5.43 Å². The van der Waals surface area contributed by atoms with E-state index in [9.17, 15) is 14.0 Å². The van der Waals surface area contributed by atoms with E-state index in [0.29, 0.717) is 41.3 Å². The molecule has 35 heavy (non-hydrogen) atoms. The number of carbonyl (C=O) groups is 2. The van der Waals surface area contributed by atoms with Gasteiger partial charge in [-0.05, 0) is 66.9 Å². The number of benzene rings is 3. The van der Waals surface area contributed by atoms with Crippen LogP contribution in [0.2, 0.25) is 0 Å². The maximum absolute atomic E-state index is 13.6. The van der Waals surface area contributed by atoms with Gasteiger partial charge < -0.3 is 9.47 Å². The molecule has 0 radical (unpaired) electrons. The number of nitrogens with zero attached hydrogens (tertiary/aromatic N) is 1. The maximum atomic E-state index is 13.6. The minimum Gasteiger partial charge on any atom is -0.490 e. The standard InChI is InChI=1S/C28H25FN2O4/c1-3-9-21-14-20(16-24-27(32)30-31(28(24)33)23-12-6-5-7-13-23)17-25(34-4-2)26(21)35-18-19-10-8-11-22(29)15-19/h3,5-8,10-17H,1,4,9,18H2,2H3,(H,30,32)/b24-16-. The maximum Gasteiger partial charge on any atom is 0.282 e. The van der Waals surface area contributed by atoms with Gasteiger partial charge in [0.1, 0.15) is 18.0 Å². The first kappa shape index (κ1) is 23.8. The molecule has 0 saturated carbocycles. The summed E-state index contributed by atoms with van der Waals surface area (Å²) >= 11 is 0. The fourth-order valence-corrected chi connectivity index (χ4v) is 3.77. The number of hydrogen-bond acceptors (Lipinski definition) is 4. The van der Waals surface area contributed by atoms with Crippen LogP contribution in [0.5, 0.6) is 11.5 Å². The number of hydrogen-bond donors (Lipinski definition) is 1. The van der Waals surface area contributed by atoms with Gasteiger partial charge in [0.2, 0.25) is 0 Å². The highest BCUT2D eigenvalue weighted by atomic mass is 19.1. The summed E-state index contributed by atoms with van der Waals surface area (Å²) in [5.41, 5.74) is 5.22. The predicted molar refractivity (Wildman–Crippen MR) is 132 cm³/mol. The van der Waals surface area contributed by atoms with Gasteiger partial charge in [0.05, 0.1) is 12.3 Å². The summed E-state index contributed by atoms with van der Waals surface area (Å²) in [5, 5.41) is 1.22. The normalized spacial score (nSPS) is 14.2. The van der Waals surface area contributed by atoms with E-state index in [0.717, 1.165) is 5.56 Å². The summed E-state index contributed by atoms with van der Waals surface area (Å²) in [6.07, 6.45) is 3.72. The third-order valence-corrected chi connectivity index (χ3v) is 5.31. The zero-order valence-corrected chi connectivity index (χ0v) is 19.3. The molecule has 0 bridgehead atoms. The van der Waals surface area contributed by atoms with Gasteiger partial charge in [-0.25, -0.2) is 9.40 Å². The third-order valence-electron chi connectivity index (χ3n) is 5.31. The fourth-order valence-electron chi connectivity index (χ4n) is 3.77. The van der Waals surface area contributed by atoms with Crippen LogP contribution in [0.3, 0.4) is 0 Å². The molecule has 1 saturated heterocycles. The molecule has 3 aromatic rings. The molecule has 1 heterocycles. The lowest BCUT2D eigenvalue weighted by Crippen LogP contribution is -2.35. The molecule has 0 atom stereocenters. The van der Waals surface area contributed by atoms with Crippen molar-refractivity contribution in [2.75, 3.05) is 11.6 Å². The van der Waals surface area contributed by atoms with Crippen molar-refractivity contribution < 1.29 is 23.5 Å². The van der Waals surface area contributed by atoms with Gasteiger partial charge in [-0.2, -0.15) is 0 Å². The van der Waals surface area contributed by atoms with Crippen molar-refractivity contribution in [1.29, 1.82) is 0 Å². The van der Waals surface area contributed by atoms with Crippen LogP contribution in [-0.2, 0) is 22.6 Å². The highest BCUT2D eigenvalue weighted by molar-refractivity contribution is 6.31. The van der Waals surface area contributed by atoms with Crippen molar-refractivity contribution in [3.8, 4) is 11.5 Å². The first-order valence-corrected chi connectivity index (χ1v) is 11.2. The topological polar surface area (TPSA) is 67.9 Å². The SMILES string of the molecule is C=CCc1cc(/C=C2/C(=O)NN(c3ccccc3)C2=O)cc(OCC)c1OCc1cccc(F)c1. The van der Waals surface area contributed by atoms with Gasteiger partial charge in [-0.3, -0.25) is 15.0 Å². The van der Waals surface area contributed by atoms with Crippen molar-refractivity contribution >= 4 is 23.6 Å². The monoisotopic (exact) mass is 472 g/mol. The van der Waals surface area contributed by atoms with Crippen LogP contribution in [0, 0.1) is 5.82 Å². The summed E-state index contributed by atoms with van der Waals surface area (Å²) in [5.74, 6) is -0.315. The number of rotatable bonds is 9. The fraction of sp³-hybridized carbons (Fsp3) is 0.143. The van der Waals surface area contributed by atoms with Gasteiger partial charge in [0.15, 0.2) is 11.5 Å². The highest BCUT2D eigenvalue weighted by Crippen LogP contribution is 2.36. The number of allylic oxidation sites excluding steroid dienone is 1. The summed E-state index contributed by atoms with van der Waals surface area (Å²) in [7, 11) is 0. The molecule has 0 spiro atoms. The molecule has 0 aliphatic carbocycles. The molecule has 6 nitrogen and oxygen atoms in total. The van der Waals surface area contributed by atoms with Gasteiger partial charge in [-0.1, -0.05) is 36.4 Å². The second-order valence-electron chi connectivity index (χ2n) is 7.83. The molecule has 178 valence electrons. The molecule has 1 aliphatic rings. The first-order chi connectivity index (χ1) is 17.0. The molecule has 3 aromatic carbocycles. The Morgan fingerprint density at radius 3 is 2.54 bits per heavy atom. The minimum absolute atomic E-state index is 0.00860. The second kappa shape index (κ2) is 10.7. The summed E-state index contributed by atoms with van der Waals surface area (Å²) < 4.78 is 25.4. The van der Waals surface area contributed by atoms with E-state index in [4.69, 9.17) is 9.47 Å². The third kappa shape index (κ3) is 5.41. The number of halogens is 1. The number of para-hydroxylation sites is 1. The number of anilines is 1. The zero-order chi connectivity index (χ0) is 24.8. The van der Waals surface area contributed by atoms with E-state index in [1.54, 1.807) is 48.5 Å². The lowest BCUT2D eigenvalue weighted by molar-refractivity contribution is -0.117. The Morgan fingerprint density at radius 1 is 1.03 bits per heavy atom. The van der Waals surface area contributed by atoms with Crippen LogP contribution in [-0.4, -0.2) is 18.4 Å². The van der Waals surface area contributed by atoms with Gasteiger partial charge in [-0.15, -0.1) is 6.58 Å². The number of nitrogens with one attached hydrogen (secondary N) is 1. The smallest absolute Gasteiger partial charge is 0.282 e. The lowest BCUT2D eigenvalue weighted by atomic mass is 10.0. The number of carbonyl (C=O) groups excluding carboxylic acids is 2. The van der Waals surface area contributed by atoms with Gasteiger partial charge in [0.25, 0.3) is 11.8 Å².